The minimum Gasteiger partial charge on any atom is -0.467 e. The number of nitrogens with zero attached hydrogens (tertiary/aromatic N) is 1. The van der Waals surface area contributed by atoms with Gasteiger partial charge in [0.15, 0.2) is 0 Å². The number of aliphatic hydroxyl groups excluding tert-OH is 1. The Morgan fingerprint density at radius 2 is 2.18 bits per heavy atom. The number of hydrogen-bond donors (Lipinski definition) is 3. The van der Waals surface area contributed by atoms with Crippen molar-refractivity contribution >= 4 is 29.0 Å². The van der Waals surface area contributed by atoms with Gasteiger partial charge in [0.1, 0.15) is 11.9 Å². The van der Waals surface area contributed by atoms with E-state index in [1.54, 1.807) is 24.3 Å². The van der Waals surface area contributed by atoms with Crippen LogP contribution in [0.4, 0.5) is 16.2 Å². The third kappa shape index (κ3) is 4.16. The van der Waals surface area contributed by atoms with E-state index in [-0.39, 0.29) is 6.54 Å². The molecule has 0 fully saturated rings. The fraction of sp³-hybridized carbons (Fsp3) is 0.267. The van der Waals surface area contributed by atoms with Crippen molar-refractivity contribution in [2.24, 2.45) is 0 Å². The Morgan fingerprint density at radius 3 is 2.77 bits per heavy atom. The van der Waals surface area contributed by atoms with Crippen molar-refractivity contribution in [3.8, 4) is 0 Å². The van der Waals surface area contributed by atoms with E-state index < -0.39 is 12.1 Å². The lowest BCUT2D eigenvalue weighted by molar-refractivity contribution is 0.149. The molecule has 118 valence electrons. The highest BCUT2D eigenvalue weighted by atomic mass is 35.5. The molecule has 0 aliphatic carbocycles. The number of halogens is 1. The molecule has 2 rings (SSSR count). The van der Waals surface area contributed by atoms with Crippen LogP contribution in [0.25, 0.3) is 0 Å². The van der Waals surface area contributed by atoms with Crippen LogP contribution in [-0.4, -0.2) is 31.8 Å². The zero-order chi connectivity index (χ0) is 16.1. The SMILES string of the molecule is CN(C)c1ccc(NC(=O)NC[C@H](O)c2ccco2)cc1Cl. The highest BCUT2D eigenvalue weighted by Crippen LogP contribution is 2.27. The van der Waals surface area contributed by atoms with Crippen LogP contribution >= 0.6 is 11.6 Å². The summed E-state index contributed by atoms with van der Waals surface area (Å²) in [6.45, 7) is 0.0445. The first kappa shape index (κ1) is 16.2. The number of carbonyl (C=O) groups excluding carboxylic acids is 1. The van der Waals surface area contributed by atoms with Gasteiger partial charge in [-0.2, -0.15) is 0 Å². The topological polar surface area (TPSA) is 77.7 Å². The van der Waals surface area contributed by atoms with E-state index in [4.69, 9.17) is 16.0 Å². The number of urea groups is 1. The molecule has 1 heterocycles. The Kier molecular flexibility index (Phi) is 5.30. The Balaban J connectivity index is 1.88. The van der Waals surface area contributed by atoms with Crippen LogP contribution in [0.15, 0.2) is 41.0 Å². The molecule has 0 saturated heterocycles. The van der Waals surface area contributed by atoms with Gasteiger partial charge in [0.25, 0.3) is 0 Å². The van der Waals surface area contributed by atoms with Crippen LogP contribution in [0.1, 0.15) is 11.9 Å². The molecule has 0 saturated carbocycles. The van der Waals surface area contributed by atoms with Crippen LogP contribution in [0.2, 0.25) is 5.02 Å². The predicted octanol–water partition coefficient (Wildman–Crippen LogP) is 2.85. The molecule has 0 spiro atoms. The smallest absolute Gasteiger partial charge is 0.319 e. The summed E-state index contributed by atoms with van der Waals surface area (Å²) < 4.78 is 5.05. The molecule has 0 aliphatic rings. The van der Waals surface area contributed by atoms with Gasteiger partial charge in [0.2, 0.25) is 0 Å². The summed E-state index contributed by atoms with van der Waals surface area (Å²) in [6, 6.07) is 8.12. The molecule has 0 unspecified atom stereocenters. The largest absolute Gasteiger partial charge is 0.467 e. The number of furan rings is 1. The van der Waals surface area contributed by atoms with Gasteiger partial charge in [-0.1, -0.05) is 11.6 Å². The van der Waals surface area contributed by atoms with Crippen molar-refractivity contribution in [2.75, 3.05) is 30.9 Å². The Bertz CT molecular complexity index is 629. The van der Waals surface area contributed by atoms with Crippen LogP contribution in [-0.2, 0) is 0 Å². The summed E-state index contributed by atoms with van der Waals surface area (Å²) in [5, 5.41) is 15.6. The first-order valence-corrected chi connectivity index (χ1v) is 7.08. The van der Waals surface area contributed by atoms with Crippen molar-refractivity contribution in [1.82, 2.24) is 5.32 Å². The van der Waals surface area contributed by atoms with Gasteiger partial charge in [-0.15, -0.1) is 0 Å². The summed E-state index contributed by atoms with van der Waals surface area (Å²) >= 11 is 6.14. The standard InChI is InChI=1S/C15H18ClN3O3/c1-19(2)12-6-5-10(8-11(12)16)18-15(21)17-9-13(20)14-4-3-7-22-14/h3-8,13,20H,9H2,1-2H3,(H2,17,18,21)/t13-/m0/s1. The molecule has 1 atom stereocenters. The summed E-state index contributed by atoms with van der Waals surface area (Å²) in [4.78, 5) is 13.7. The number of amides is 2. The summed E-state index contributed by atoms with van der Waals surface area (Å²) in [6.07, 6.45) is 0.577. The minimum atomic E-state index is -0.888. The van der Waals surface area contributed by atoms with E-state index in [0.717, 1.165) is 5.69 Å². The van der Waals surface area contributed by atoms with E-state index in [1.807, 2.05) is 25.1 Å². The van der Waals surface area contributed by atoms with Gasteiger partial charge in [-0.25, -0.2) is 4.79 Å². The number of hydrogen-bond acceptors (Lipinski definition) is 4. The molecule has 22 heavy (non-hydrogen) atoms. The number of nitrogens with one attached hydrogen (secondary N) is 2. The van der Waals surface area contributed by atoms with Crippen molar-refractivity contribution in [1.29, 1.82) is 0 Å². The molecule has 6 nitrogen and oxygen atoms in total. The van der Waals surface area contributed by atoms with Gasteiger partial charge < -0.3 is 25.1 Å². The molecule has 1 aromatic heterocycles. The fourth-order valence-corrected chi connectivity index (χ4v) is 2.24. The molecule has 0 bridgehead atoms. The lowest BCUT2D eigenvalue weighted by atomic mass is 10.2. The van der Waals surface area contributed by atoms with Gasteiger partial charge >= 0.3 is 6.03 Å². The Morgan fingerprint density at radius 1 is 1.41 bits per heavy atom. The normalized spacial score (nSPS) is 11.8. The molecule has 2 aromatic rings. The Hall–Kier alpha value is -2.18. The number of benzene rings is 1. The van der Waals surface area contributed by atoms with Crippen molar-refractivity contribution in [3.63, 3.8) is 0 Å². The maximum Gasteiger partial charge on any atom is 0.319 e. The second-order valence-electron chi connectivity index (χ2n) is 4.93. The molecule has 2 amide bonds. The van der Waals surface area contributed by atoms with Crippen molar-refractivity contribution in [3.05, 3.63) is 47.4 Å². The van der Waals surface area contributed by atoms with E-state index in [2.05, 4.69) is 10.6 Å². The van der Waals surface area contributed by atoms with Gasteiger partial charge in [-0.3, -0.25) is 0 Å². The van der Waals surface area contributed by atoms with Gasteiger partial charge in [0, 0.05) is 19.8 Å². The first-order chi connectivity index (χ1) is 10.5. The maximum atomic E-state index is 11.8. The lowest BCUT2D eigenvalue weighted by Crippen LogP contribution is -2.32. The highest BCUT2D eigenvalue weighted by molar-refractivity contribution is 6.33. The quantitative estimate of drug-likeness (QED) is 0.790. The molecule has 0 aliphatic heterocycles. The zero-order valence-corrected chi connectivity index (χ0v) is 13.1. The van der Waals surface area contributed by atoms with Crippen LogP contribution in [0.3, 0.4) is 0 Å². The molecule has 3 N–H and O–H groups in total. The Labute approximate surface area is 133 Å². The number of aliphatic hydroxyl groups is 1. The number of rotatable bonds is 5. The number of anilines is 2. The number of carbonyl (C=O) groups is 1. The lowest BCUT2D eigenvalue weighted by Gasteiger charge is -2.16. The van der Waals surface area contributed by atoms with Gasteiger partial charge in [-0.05, 0) is 30.3 Å². The second-order valence-corrected chi connectivity index (χ2v) is 5.33. The van der Waals surface area contributed by atoms with E-state index in [9.17, 15) is 9.90 Å². The minimum absolute atomic E-state index is 0.0445. The third-order valence-electron chi connectivity index (χ3n) is 3.01. The van der Waals surface area contributed by atoms with Crippen LogP contribution in [0.5, 0.6) is 0 Å². The molecule has 7 heteroatoms. The summed E-state index contributed by atoms with van der Waals surface area (Å²) in [7, 11) is 3.77. The van der Waals surface area contributed by atoms with E-state index in [1.165, 1.54) is 6.26 Å². The fourth-order valence-electron chi connectivity index (χ4n) is 1.89. The monoisotopic (exact) mass is 323 g/mol. The van der Waals surface area contributed by atoms with Crippen molar-refractivity contribution in [2.45, 2.75) is 6.10 Å². The predicted molar refractivity (Wildman–Crippen MR) is 86.5 cm³/mol. The van der Waals surface area contributed by atoms with Crippen LogP contribution < -0.4 is 15.5 Å². The van der Waals surface area contributed by atoms with Crippen LogP contribution in [0, 0.1) is 0 Å². The van der Waals surface area contributed by atoms with E-state index >= 15 is 0 Å². The molecular weight excluding hydrogens is 306 g/mol. The van der Waals surface area contributed by atoms with Gasteiger partial charge in [0.05, 0.1) is 23.5 Å². The summed E-state index contributed by atoms with van der Waals surface area (Å²) in [5.74, 6) is 0.402. The second kappa shape index (κ2) is 7.20. The maximum absolute atomic E-state index is 11.8. The zero-order valence-electron chi connectivity index (χ0n) is 12.3. The third-order valence-corrected chi connectivity index (χ3v) is 3.32. The molecular formula is C15H18ClN3O3. The molecule has 0 radical (unpaired) electrons. The average Bonchev–Trinajstić information content (AvgIpc) is 2.98. The van der Waals surface area contributed by atoms with E-state index in [0.29, 0.717) is 16.5 Å². The first-order valence-electron chi connectivity index (χ1n) is 6.70. The highest BCUT2D eigenvalue weighted by Gasteiger charge is 2.12. The average molecular weight is 324 g/mol. The summed E-state index contributed by atoms with van der Waals surface area (Å²) in [5.41, 5.74) is 1.43. The van der Waals surface area contributed by atoms with Crippen molar-refractivity contribution < 1.29 is 14.3 Å². The molecule has 1 aromatic carbocycles.